The van der Waals surface area contributed by atoms with Crippen LogP contribution in [0.1, 0.15) is 28.7 Å². The van der Waals surface area contributed by atoms with Crippen LogP contribution in [0.2, 0.25) is 0 Å². The number of hydrogen-bond acceptors (Lipinski definition) is 2. The number of methoxy groups -OCH3 is 1. The highest BCUT2D eigenvalue weighted by Crippen LogP contribution is 2.13. The molecule has 0 radical (unpaired) electrons. The third kappa shape index (κ3) is 4.88. The van der Waals surface area contributed by atoms with Crippen molar-refractivity contribution in [2.24, 2.45) is 0 Å². The summed E-state index contributed by atoms with van der Waals surface area (Å²) >= 11 is 0. The number of carbonyl (C=O) groups is 1. The largest absolute Gasteiger partial charge is 0.497 e. The van der Waals surface area contributed by atoms with Crippen LogP contribution < -0.4 is 4.74 Å². The molecular weight excluding hydrogens is 272 g/mol. The van der Waals surface area contributed by atoms with Crippen LogP contribution in [0.25, 0.3) is 6.08 Å². The molecule has 0 fully saturated rings. The Morgan fingerprint density at radius 2 is 1.68 bits per heavy atom. The van der Waals surface area contributed by atoms with E-state index in [-0.39, 0.29) is 5.78 Å². The van der Waals surface area contributed by atoms with Crippen molar-refractivity contribution in [2.45, 2.75) is 26.7 Å². The van der Waals surface area contributed by atoms with Crippen molar-refractivity contribution >= 4 is 11.9 Å². The van der Waals surface area contributed by atoms with Gasteiger partial charge in [-0.15, -0.1) is 0 Å². The highest BCUT2D eigenvalue weighted by molar-refractivity contribution is 5.93. The topological polar surface area (TPSA) is 26.3 Å². The minimum absolute atomic E-state index is 0.148. The fourth-order valence-electron chi connectivity index (χ4n) is 2.47. The molecule has 22 heavy (non-hydrogen) atoms. The molecule has 0 atom stereocenters. The molecule has 0 aliphatic heterocycles. The highest BCUT2D eigenvalue weighted by atomic mass is 16.5. The second-order valence-electron chi connectivity index (χ2n) is 5.57. The maximum atomic E-state index is 12.0. The van der Waals surface area contributed by atoms with Gasteiger partial charge in [-0.05, 0) is 49.6 Å². The van der Waals surface area contributed by atoms with Gasteiger partial charge in [0.25, 0.3) is 0 Å². The van der Waals surface area contributed by atoms with Crippen LogP contribution in [0.5, 0.6) is 5.75 Å². The Bertz CT molecular complexity index is 646. The summed E-state index contributed by atoms with van der Waals surface area (Å²) in [5.74, 6) is 0.966. The molecule has 2 nitrogen and oxygen atoms in total. The number of aryl methyl sites for hydroxylation is 3. The average Bonchev–Trinajstić information content (AvgIpc) is 2.50. The van der Waals surface area contributed by atoms with Crippen LogP contribution in [-0.2, 0) is 11.2 Å². The van der Waals surface area contributed by atoms with Crippen LogP contribution in [0.3, 0.4) is 0 Å². The van der Waals surface area contributed by atoms with E-state index in [4.69, 9.17) is 4.74 Å². The lowest BCUT2D eigenvalue weighted by Crippen LogP contribution is -1.97. The Balaban J connectivity index is 1.90. The molecule has 0 aliphatic carbocycles. The maximum Gasteiger partial charge on any atom is 0.156 e. The first-order valence-corrected chi connectivity index (χ1v) is 7.49. The van der Waals surface area contributed by atoms with E-state index in [0.29, 0.717) is 6.42 Å². The molecule has 2 aromatic rings. The van der Waals surface area contributed by atoms with Crippen LogP contribution in [0.4, 0.5) is 0 Å². The lowest BCUT2D eigenvalue weighted by atomic mass is 10.0. The number of ketones is 1. The van der Waals surface area contributed by atoms with E-state index in [0.717, 1.165) is 17.7 Å². The van der Waals surface area contributed by atoms with Gasteiger partial charge in [0.2, 0.25) is 0 Å². The number of allylic oxidation sites excluding steroid dienone is 1. The summed E-state index contributed by atoms with van der Waals surface area (Å²) in [7, 11) is 1.64. The first-order valence-electron chi connectivity index (χ1n) is 7.49. The van der Waals surface area contributed by atoms with Gasteiger partial charge in [-0.2, -0.15) is 0 Å². The lowest BCUT2D eigenvalue weighted by molar-refractivity contribution is -0.114. The monoisotopic (exact) mass is 294 g/mol. The van der Waals surface area contributed by atoms with E-state index in [9.17, 15) is 4.79 Å². The first-order chi connectivity index (χ1) is 10.6. The molecular formula is C20H22O2. The molecule has 2 aromatic carbocycles. The van der Waals surface area contributed by atoms with Crippen molar-refractivity contribution in [1.29, 1.82) is 0 Å². The van der Waals surface area contributed by atoms with Gasteiger partial charge >= 0.3 is 0 Å². The lowest BCUT2D eigenvalue weighted by Gasteiger charge is -2.03. The second-order valence-corrected chi connectivity index (χ2v) is 5.57. The van der Waals surface area contributed by atoms with Crippen molar-refractivity contribution < 1.29 is 9.53 Å². The van der Waals surface area contributed by atoms with E-state index in [1.165, 1.54) is 16.7 Å². The zero-order chi connectivity index (χ0) is 15.9. The number of rotatable bonds is 6. The Morgan fingerprint density at radius 1 is 1.05 bits per heavy atom. The van der Waals surface area contributed by atoms with E-state index in [1.54, 1.807) is 13.2 Å². The third-order valence-corrected chi connectivity index (χ3v) is 3.52. The van der Waals surface area contributed by atoms with Gasteiger partial charge in [0.05, 0.1) is 7.11 Å². The van der Waals surface area contributed by atoms with Crippen molar-refractivity contribution in [3.05, 3.63) is 70.8 Å². The number of ether oxygens (including phenoxy) is 1. The van der Waals surface area contributed by atoms with Gasteiger partial charge in [0.1, 0.15) is 5.75 Å². The summed E-state index contributed by atoms with van der Waals surface area (Å²) in [6.45, 7) is 4.17. The van der Waals surface area contributed by atoms with E-state index < -0.39 is 0 Å². The molecule has 0 amide bonds. The van der Waals surface area contributed by atoms with Crippen LogP contribution in [0.15, 0.2) is 48.5 Å². The number of hydrogen-bond donors (Lipinski definition) is 0. The fourth-order valence-corrected chi connectivity index (χ4v) is 2.47. The quantitative estimate of drug-likeness (QED) is 0.732. The molecule has 0 spiro atoms. The van der Waals surface area contributed by atoms with Crippen LogP contribution >= 0.6 is 0 Å². The maximum absolute atomic E-state index is 12.0. The van der Waals surface area contributed by atoms with Gasteiger partial charge in [0, 0.05) is 6.42 Å². The summed E-state index contributed by atoms with van der Waals surface area (Å²) in [5.41, 5.74) is 4.72. The summed E-state index contributed by atoms with van der Waals surface area (Å²) < 4.78 is 5.11. The predicted molar refractivity (Wildman–Crippen MR) is 91.3 cm³/mol. The summed E-state index contributed by atoms with van der Waals surface area (Å²) in [6.07, 6.45) is 4.83. The summed E-state index contributed by atoms with van der Waals surface area (Å²) in [4.78, 5) is 12.0. The van der Waals surface area contributed by atoms with E-state index in [2.05, 4.69) is 32.0 Å². The van der Waals surface area contributed by atoms with Crippen molar-refractivity contribution in [3.63, 3.8) is 0 Å². The zero-order valence-corrected chi connectivity index (χ0v) is 13.4. The Kier molecular flexibility index (Phi) is 5.54. The minimum Gasteiger partial charge on any atom is -0.497 e. The van der Waals surface area contributed by atoms with Crippen LogP contribution in [0, 0.1) is 13.8 Å². The minimum atomic E-state index is 0.148. The Hall–Kier alpha value is -2.35. The smallest absolute Gasteiger partial charge is 0.156 e. The van der Waals surface area contributed by atoms with E-state index in [1.807, 2.05) is 30.3 Å². The zero-order valence-electron chi connectivity index (χ0n) is 13.4. The number of carbonyl (C=O) groups excluding carboxylic acids is 1. The Morgan fingerprint density at radius 3 is 2.27 bits per heavy atom. The molecule has 0 aromatic heterocycles. The first kappa shape index (κ1) is 16.0. The third-order valence-electron chi connectivity index (χ3n) is 3.52. The van der Waals surface area contributed by atoms with Crippen molar-refractivity contribution in [1.82, 2.24) is 0 Å². The molecule has 0 saturated heterocycles. The molecule has 0 saturated carbocycles. The molecule has 114 valence electrons. The van der Waals surface area contributed by atoms with Gasteiger partial charge in [-0.1, -0.05) is 47.5 Å². The van der Waals surface area contributed by atoms with Crippen LogP contribution in [-0.4, -0.2) is 12.9 Å². The molecule has 0 N–H and O–H groups in total. The SMILES string of the molecule is COc1ccc(/C=C/C(=O)CCc2cc(C)cc(C)c2)cc1. The molecule has 0 unspecified atom stereocenters. The fraction of sp³-hybridized carbons (Fsp3) is 0.250. The molecule has 0 heterocycles. The van der Waals surface area contributed by atoms with Gasteiger partial charge in [0.15, 0.2) is 5.78 Å². The molecule has 2 heteroatoms. The van der Waals surface area contributed by atoms with Gasteiger partial charge in [-0.3, -0.25) is 4.79 Å². The van der Waals surface area contributed by atoms with Gasteiger partial charge < -0.3 is 4.74 Å². The predicted octanol–water partition coefficient (Wildman–Crippen LogP) is 4.53. The summed E-state index contributed by atoms with van der Waals surface area (Å²) in [6, 6.07) is 14.1. The second kappa shape index (κ2) is 7.60. The number of benzene rings is 2. The normalized spacial score (nSPS) is 10.9. The Labute approximate surface area is 132 Å². The van der Waals surface area contributed by atoms with E-state index >= 15 is 0 Å². The van der Waals surface area contributed by atoms with Crippen molar-refractivity contribution in [3.8, 4) is 5.75 Å². The van der Waals surface area contributed by atoms with Gasteiger partial charge in [-0.25, -0.2) is 0 Å². The molecule has 0 aliphatic rings. The highest BCUT2D eigenvalue weighted by Gasteiger charge is 2.01. The van der Waals surface area contributed by atoms with Crippen molar-refractivity contribution in [2.75, 3.05) is 7.11 Å². The standard InChI is InChI=1S/C20H22O2/c1-15-12-16(2)14-18(13-15)5-9-19(21)8-4-17-6-10-20(22-3)11-7-17/h4,6-8,10-14H,5,9H2,1-3H3/b8-4+. The summed E-state index contributed by atoms with van der Waals surface area (Å²) in [5, 5.41) is 0. The molecule has 0 bridgehead atoms. The molecule has 2 rings (SSSR count). The average molecular weight is 294 g/mol.